The summed E-state index contributed by atoms with van der Waals surface area (Å²) in [5.74, 6) is -1.31. The number of aliphatic carboxylic acids is 1. The molecule has 22 heavy (non-hydrogen) atoms. The van der Waals surface area contributed by atoms with Crippen LogP contribution < -0.4 is 10.2 Å². The van der Waals surface area contributed by atoms with Crippen molar-refractivity contribution >= 4 is 17.6 Å². The van der Waals surface area contributed by atoms with Crippen molar-refractivity contribution in [2.45, 2.75) is 19.4 Å². The van der Waals surface area contributed by atoms with Gasteiger partial charge in [0, 0.05) is 25.3 Å². The van der Waals surface area contributed by atoms with Gasteiger partial charge in [-0.2, -0.15) is 0 Å². The number of rotatable bonds is 7. The van der Waals surface area contributed by atoms with Gasteiger partial charge >= 0.3 is 5.97 Å². The van der Waals surface area contributed by atoms with E-state index in [9.17, 15) is 9.59 Å². The fraction of sp³-hybridized carbons (Fsp3) is 0.500. The number of carbonyl (C=O) groups excluding carboxylic acids is 1. The lowest BCUT2D eigenvalue weighted by Gasteiger charge is -2.24. The fourth-order valence-corrected chi connectivity index (χ4v) is 2.73. The zero-order chi connectivity index (χ0) is 15.9. The molecule has 2 rings (SSSR count). The number of benzene rings is 1. The number of hydrogen-bond donors (Lipinski definition) is 2. The Kier molecular flexibility index (Phi) is 5.77. The van der Waals surface area contributed by atoms with E-state index in [4.69, 9.17) is 5.11 Å². The summed E-state index contributed by atoms with van der Waals surface area (Å²) in [6, 6.07) is 8.25. The van der Waals surface area contributed by atoms with E-state index in [1.54, 1.807) is 0 Å². The van der Waals surface area contributed by atoms with Crippen molar-refractivity contribution in [1.82, 2.24) is 10.2 Å². The van der Waals surface area contributed by atoms with Gasteiger partial charge in [0.2, 0.25) is 5.91 Å². The summed E-state index contributed by atoms with van der Waals surface area (Å²) in [5, 5.41) is 10.9. The first kappa shape index (κ1) is 16.3. The molecule has 6 heteroatoms. The number of anilines is 1. The van der Waals surface area contributed by atoms with E-state index in [-0.39, 0.29) is 19.0 Å². The van der Waals surface area contributed by atoms with Crippen LogP contribution in [0.5, 0.6) is 0 Å². The molecule has 0 saturated carbocycles. The topological polar surface area (TPSA) is 72.9 Å². The fourth-order valence-electron chi connectivity index (χ4n) is 2.73. The number of amides is 1. The SMILES string of the molecule is CN(CC(=O)NCC(=O)O)Cc1ccccc1N1CCCC1. The number of carbonyl (C=O) groups is 2. The van der Waals surface area contributed by atoms with Crippen LogP contribution in [0, 0.1) is 0 Å². The van der Waals surface area contributed by atoms with E-state index in [0.29, 0.717) is 6.54 Å². The monoisotopic (exact) mass is 305 g/mol. The van der Waals surface area contributed by atoms with Crippen molar-refractivity contribution < 1.29 is 14.7 Å². The average molecular weight is 305 g/mol. The maximum absolute atomic E-state index is 11.7. The first-order valence-corrected chi connectivity index (χ1v) is 7.56. The Morgan fingerprint density at radius 3 is 2.64 bits per heavy atom. The standard InChI is InChI=1S/C16H23N3O3/c1-18(12-15(20)17-10-16(21)22)11-13-6-2-3-7-14(13)19-8-4-5-9-19/h2-3,6-7H,4-5,8-12H2,1H3,(H,17,20)(H,21,22). The van der Waals surface area contributed by atoms with Gasteiger partial charge < -0.3 is 15.3 Å². The molecular formula is C16H23N3O3. The summed E-state index contributed by atoms with van der Waals surface area (Å²) < 4.78 is 0. The minimum absolute atomic E-state index is 0.182. The van der Waals surface area contributed by atoms with Crippen molar-refractivity contribution in [3.8, 4) is 0 Å². The van der Waals surface area contributed by atoms with Crippen LogP contribution in [0.15, 0.2) is 24.3 Å². The minimum atomic E-state index is -1.03. The lowest BCUT2D eigenvalue weighted by Crippen LogP contribution is -2.37. The van der Waals surface area contributed by atoms with E-state index >= 15 is 0 Å². The molecule has 1 aromatic carbocycles. The van der Waals surface area contributed by atoms with Crippen LogP contribution in [0.1, 0.15) is 18.4 Å². The van der Waals surface area contributed by atoms with Crippen LogP contribution in [0.4, 0.5) is 5.69 Å². The molecule has 1 aromatic rings. The minimum Gasteiger partial charge on any atom is -0.480 e. The predicted octanol–water partition coefficient (Wildman–Crippen LogP) is 0.919. The molecule has 0 aromatic heterocycles. The van der Waals surface area contributed by atoms with E-state index < -0.39 is 5.97 Å². The van der Waals surface area contributed by atoms with Gasteiger partial charge in [0.25, 0.3) is 0 Å². The van der Waals surface area contributed by atoms with Crippen LogP contribution >= 0.6 is 0 Å². The van der Waals surface area contributed by atoms with Gasteiger partial charge in [0.15, 0.2) is 0 Å². The summed E-state index contributed by atoms with van der Waals surface area (Å²) in [7, 11) is 1.86. The van der Waals surface area contributed by atoms with Crippen molar-refractivity contribution in [2.24, 2.45) is 0 Å². The Bertz CT molecular complexity index is 527. The Morgan fingerprint density at radius 2 is 1.95 bits per heavy atom. The van der Waals surface area contributed by atoms with Crippen molar-refractivity contribution in [3.63, 3.8) is 0 Å². The third-order valence-corrected chi connectivity index (χ3v) is 3.73. The lowest BCUT2D eigenvalue weighted by molar-refractivity contribution is -0.138. The zero-order valence-electron chi connectivity index (χ0n) is 12.9. The molecule has 1 fully saturated rings. The highest BCUT2D eigenvalue weighted by Crippen LogP contribution is 2.25. The molecule has 1 aliphatic heterocycles. The molecule has 120 valence electrons. The highest BCUT2D eigenvalue weighted by Gasteiger charge is 2.16. The molecule has 1 saturated heterocycles. The normalized spacial score (nSPS) is 14.4. The molecule has 1 heterocycles. The van der Waals surface area contributed by atoms with E-state index in [1.165, 1.54) is 24.1 Å². The molecule has 1 aliphatic rings. The highest BCUT2D eigenvalue weighted by molar-refractivity contribution is 5.82. The number of carboxylic acids is 1. The molecule has 0 radical (unpaired) electrons. The van der Waals surface area contributed by atoms with Crippen LogP contribution in [0.2, 0.25) is 0 Å². The van der Waals surface area contributed by atoms with E-state index in [1.807, 2.05) is 24.1 Å². The van der Waals surface area contributed by atoms with Crippen LogP contribution in [-0.4, -0.2) is 55.1 Å². The maximum atomic E-state index is 11.7. The maximum Gasteiger partial charge on any atom is 0.322 e. The lowest BCUT2D eigenvalue weighted by atomic mass is 10.1. The molecule has 0 aliphatic carbocycles. The quantitative estimate of drug-likeness (QED) is 0.784. The second-order valence-electron chi connectivity index (χ2n) is 5.67. The number of para-hydroxylation sites is 1. The number of nitrogens with zero attached hydrogens (tertiary/aromatic N) is 2. The second kappa shape index (κ2) is 7.79. The zero-order valence-corrected chi connectivity index (χ0v) is 12.9. The van der Waals surface area contributed by atoms with E-state index in [0.717, 1.165) is 13.1 Å². The average Bonchev–Trinajstić information content (AvgIpc) is 2.99. The van der Waals surface area contributed by atoms with Gasteiger partial charge in [-0.05, 0) is 31.5 Å². The van der Waals surface area contributed by atoms with Crippen LogP contribution in [-0.2, 0) is 16.1 Å². The van der Waals surface area contributed by atoms with Gasteiger partial charge in [-0.1, -0.05) is 18.2 Å². The summed E-state index contributed by atoms with van der Waals surface area (Å²) in [6.07, 6.45) is 2.45. The van der Waals surface area contributed by atoms with E-state index in [2.05, 4.69) is 22.3 Å². The molecule has 2 N–H and O–H groups in total. The van der Waals surface area contributed by atoms with Gasteiger partial charge in [-0.15, -0.1) is 0 Å². The van der Waals surface area contributed by atoms with Crippen molar-refractivity contribution in [2.75, 3.05) is 38.1 Å². The summed E-state index contributed by atoms with van der Waals surface area (Å²) >= 11 is 0. The molecule has 1 amide bonds. The largest absolute Gasteiger partial charge is 0.480 e. The second-order valence-corrected chi connectivity index (χ2v) is 5.67. The Balaban J connectivity index is 1.92. The van der Waals surface area contributed by atoms with Crippen molar-refractivity contribution in [3.05, 3.63) is 29.8 Å². The third kappa shape index (κ3) is 4.73. The predicted molar refractivity (Wildman–Crippen MR) is 84.9 cm³/mol. The molecule has 0 unspecified atom stereocenters. The van der Waals surface area contributed by atoms with Gasteiger partial charge in [0.05, 0.1) is 6.54 Å². The highest BCUT2D eigenvalue weighted by atomic mass is 16.4. The first-order valence-electron chi connectivity index (χ1n) is 7.56. The third-order valence-electron chi connectivity index (χ3n) is 3.73. The van der Waals surface area contributed by atoms with Crippen LogP contribution in [0.3, 0.4) is 0 Å². The Hall–Kier alpha value is -2.08. The summed E-state index contributed by atoms with van der Waals surface area (Å²) in [6.45, 7) is 2.67. The molecule has 0 atom stereocenters. The summed E-state index contributed by atoms with van der Waals surface area (Å²) in [5.41, 5.74) is 2.43. The smallest absolute Gasteiger partial charge is 0.322 e. The first-order chi connectivity index (χ1) is 10.6. The molecular weight excluding hydrogens is 282 g/mol. The number of nitrogens with one attached hydrogen (secondary N) is 1. The van der Waals surface area contributed by atoms with Gasteiger partial charge in [0.1, 0.15) is 6.54 Å². The number of hydrogen-bond acceptors (Lipinski definition) is 4. The van der Waals surface area contributed by atoms with Gasteiger partial charge in [-0.3, -0.25) is 14.5 Å². The number of carboxylic acid groups (broad SMARTS) is 1. The summed E-state index contributed by atoms with van der Waals surface area (Å²) in [4.78, 5) is 26.4. The van der Waals surface area contributed by atoms with Crippen LogP contribution in [0.25, 0.3) is 0 Å². The molecule has 0 spiro atoms. The Labute approximate surface area is 130 Å². The number of likely N-dealkylation sites (N-methyl/N-ethyl adjacent to an activating group) is 1. The van der Waals surface area contributed by atoms with Crippen molar-refractivity contribution in [1.29, 1.82) is 0 Å². The molecule has 6 nitrogen and oxygen atoms in total. The van der Waals surface area contributed by atoms with Gasteiger partial charge in [-0.25, -0.2) is 0 Å². The molecule has 0 bridgehead atoms. The Morgan fingerprint density at radius 1 is 1.27 bits per heavy atom.